The Hall–Kier alpha value is -0.120. The molecule has 0 amide bonds. The Labute approximate surface area is 132 Å². The molecule has 3 nitrogen and oxygen atoms in total. The van der Waals surface area contributed by atoms with Crippen molar-refractivity contribution < 1.29 is 4.74 Å². The minimum atomic E-state index is 0.532. The lowest BCUT2D eigenvalue weighted by atomic mass is 9.85. The molecule has 0 spiro atoms. The molecule has 0 bridgehead atoms. The van der Waals surface area contributed by atoms with E-state index in [-0.39, 0.29) is 0 Å². The molecule has 0 radical (unpaired) electrons. The molecule has 1 aliphatic carbocycles. The fraction of sp³-hybridized carbons (Fsp3) is 1.00. The Bertz CT molecular complexity index is 292. The Morgan fingerprint density at radius 3 is 2.19 bits per heavy atom. The minimum Gasteiger partial charge on any atom is -0.378 e. The van der Waals surface area contributed by atoms with Crippen molar-refractivity contribution in [1.29, 1.82) is 0 Å². The van der Waals surface area contributed by atoms with E-state index in [0.717, 1.165) is 18.6 Å². The summed E-state index contributed by atoms with van der Waals surface area (Å²) in [6.45, 7) is 16.2. The van der Waals surface area contributed by atoms with Crippen molar-refractivity contribution in [2.75, 3.05) is 26.2 Å². The van der Waals surface area contributed by atoms with Gasteiger partial charge in [-0.2, -0.15) is 0 Å². The Morgan fingerprint density at radius 2 is 1.71 bits per heavy atom. The van der Waals surface area contributed by atoms with Crippen LogP contribution in [-0.2, 0) is 4.74 Å². The Kier molecular flexibility index (Phi) is 6.51. The van der Waals surface area contributed by atoms with Gasteiger partial charge >= 0.3 is 0 Å². The largest absolute Gasteiger partial charge is 0.378 e. The van der Waals surface area contributed by atoms with Gasteiger partial charge in [0.1, 0.15) is 0 Å². The first-order valence-corrected chi connectivity index (χ1v) is 9.12. The number of nitrogens with zero attached hydrogens (tertiary/aromatic N) is 2. The molecular weight excluding hydrogens is 260 g/mol. The lowest BCUT2D eigenvalue weighted by Gasteiger charge is -2.47. The van der Waals surface area contributed by atoms with Gasteiger partial charge in [0.15, 0.2) is 0 Å². The smallest absolute Gasteiger partial charge is 0.0604 e. The molecule has 0 atom stereocenters. The summed E-state index contributed by atoms with van der Waals surface area (Å²) in [6, 6.07) is 2.15. The van der Waals surface area contributed by atoms with Crippen LogP contribution in [0.5, 0.6) is 0 Å². The third-order valence-corrected chi connectivity index (χ3v) is 5.45. The van der Waals surface area contributed by atoms with Crippen LogP contribution in [0.3, 0.4) is 0 Å². The van der Waals surface area contributed by atoms with Crippen molar-refractivity contribution >= 4 is 0 Å². The van der Waals surface area contributed by atoms with Gasteiger partial charge in [-0.05, 0) is 79.3 Å². The van der Waals surface area contributed by atoms with Crippen molar-refractivity contribution in [3.8, 4) is 0 Å². The van der Waals surface area contributed by atoms with E-state index >= 15 is 0 Å². The van der Waals surface area contributed by atoms with Crippen LogP contribution in [-0.4, -0.2) is 60.3 Å². The Morgan fingerprint density at radius 1 is 1.10 bits per heavy atom. The Balaban J connectivity index is 1.76. The molecule has 2 aliphatic rings. The third kappa shape index (κ3) is 4.67. The molecule has 2 rings (SSSR count). The van der Waals surface area contributed by atoms with Gasteiger partial charge < -0.3 is 9.64 Å². The fourth-order valence-electron chi connectivity index (χ4n) is 3.91. The molecule has 21 heavy (non-hydrogen) atoms. The van der Waals surface area contributed by atoms with Gasteiger partial charge in [-0.15, -0.1) is 0 Å². The van der Waals surface area contributed by atoms with Crippen molar-refractivity contribution in [3.05, 3.63) is 0 Å². The summed E-state index contributed by atoms with van der Waals surface area (Å²) in [7, 11) is 0. The second kappa shape index (κ2) is 7.94. The summed E-state index contributed by atoms with van der Waals surface area (Å²) in [4.78, 5) is 5.38. The van der Waals surface area contributed by atoms with Gasteiger partial charge in [0, 0.05) is 31.3 Å². The molecule has 124 valence electrons. The van der Waals surface area contributed by atoms with Crippen LogP contribution >= 0.6 is 0 Å². The lowest BCUT2D eigenvalue weighted by molar-refractivity contribution is -0.0601. The first kappa shape index (κ1) is 17.2. The first-order chi connectivity index (χ1) is 10.0. The average molecular weight is 296 g/mol. The average Bonchev–Trinajstić information content (AvgIpc) is 2.40. The van der Waals surface area contributed by atoms with Crippen LogP contribution in [0.1, 0.15) is 60.3 Å². The van der Waals surface area contributed by atoms with Crippen molar-refractivity contribution in [2.24, 2.45) is 5.92 Å². The van der Waals surface area contributed by atoms with Crippen LogP contribution in [0, 0.1) is 5.92 Å². The SMILES string of the molecule is CCOC1CC(N(CC2CCN(C(C)C)CC2)C(C)C)C1. The normalized spacial score (nSPS) is 28.6. The van der Waals surface area contributed by atoms with Crippen molar-refractivity contribution in [2.45, 2.75) is 84.5 Å². The highest BCUT2D eigenvalue weighted by atomic mass is 16.5. The number of piperidine rings is 1. The van der Waals surface area contributed by atoms with Crippen LogP contribution < -0.4 is 0 Å². The lowest BCUT2D eigenvalue weighted by Crippen LogP contribution is -2.53. The van der Waals surface area contributed by atoms with E-state index in [1.807, 2.05) is 0 Å². The quantitative estimate of drug-likeness (QED) is 0.716. The second-order valence-corrected chi connectivity index (χ2v) is 7.57. The summed E-state index contributed by atoms with van der Waals surface area (Å²) < 4.78 is 5.73. The third-order valence-electron chi connectivity index (χ3n) is 5.45. The van der Waals surface area contributed by atoms with Crippen LogP contribution in [0.25, 0.3) is 0 Å². The summed E-state index contributed by atoms with van der Waals surface area (Å²) in [5.74, 6) is 0.897. The van der Waals surface area contributed by atoms with Gasteiger partial charge in [-0.3, -0.25) is 4.90 Å². The molecule has 0 aromatic heterocycles. The fourth-order valence-corrected chi connectivity index (χ4v) is 3.91. The van der Waals surface area contributed by atoms with E-state index < -0.39 is 0 Å². The van der Waals surface area contributed by atoms with E-state index in [2.05, 4.69) is 44.4 Å². The molecule has 0 aromatic rings. The predicted octanol–water partition coefficient (Wildman–Crippen LogP) is 3.38. The van der Waals surface area contributed by atoms with Gasteiger partial charge in [0.2, 0.25) is 0 Å². The predicted molar refractivity (Wildman–Crippen MR) is 89.7 cm³/mol. The highest BCUT2D eigenvalue weighted by Crippen LogP contribution is 2.31. The molecule has 0 N–H and O–H groups in total. The monoisotopic (exact) mass is 296 g/mol. The summed E-state index contributed by atoms with van der Waals surface area (Å²) in [6.07, 6.45) is 5.78. The minimum absolute atomic E-state index is 0.532. The summed E-state index contributed by atoms with van der Waals surface area (Å²) in [5, 5.41) is 0. The number of hydrogen-bond donors (Lipinski definition) is 0. The van der Waals surface area contributed by atoms with Crippen molar-refractivity contribution in [1.82, 2.24) is 9.80 Å². The topological polar surface area (TPSA) is 15.7 Å². The maximum atomic E-state index is 5.73. The summed E-state index contributed by atoms with van der Waals surface area (Å²) in [5.41, 5.74) is 0. The molecular formula is C18H36N2O. The zero-order valence-electron chi connectivity index (χ0n) is 14.8. The number of rotatable bonds is 7. The maximum Gasteiger partial charge on any atom is 0.0604 e. The standard InChI is InChI=1S/C18H36N2O/c1-6-21-18-11-17(12-18)20(15(4)5)13-16-7-9-19(10-8-16)14(2)3/h14-18H,6-13H2,1-5H3. The molecule has 0 unspecified atom stereocenters. The van der Waals surface area contributed by atoms with E-state index in [9.17, 15) is 0 Å². The zero-order valence-corrected chi connectivity index (χ0v) is 14.8. The molecule has 0 aromatic carbocycles. The maximum absolute atomic E-state index is 5.73. The van der Waals surface area contributed by atoms with Gasteiger partial charge in [-0.1, -0.05) is 0 Å². The summed E-state index contributed by atoms with van der Waals surface area (Å²) >= 11 is 0. The van der Waals surface area contributed by atoms with E-state index in [1.165, 1.54) is 45.3 Å². The van der Waals surface area contributed by atoms with Crippen LogP contribution in [0.2, 0.25) is 0 Å². The van der Waals surface area contributed by atoms with Crippen LogP contribution in [0.4, 0.5) is 0 Å². The number of ether oxygens (including phenoxy) is 1. The van der Waals surface area contributed by atoms with E-state index in [4.69, 9.17) is 4.74 Å². The highest BCUT2D eigenvalue weighted by molar-refractivity contribution is 4.91. The molecule has 1 saturated carbocycles. The first-order valence-electron chi connectivity index (χ1n) is 9.12. The molecule has 3 heteroatoms. The molecule has 1 heterocycles. The van der Waals surface area contributed by atoms with Gasteiger partial charge in [-0.25, -0.2) is 0 Å². The van der Waals surface area contributed by atoms with Gasteiger partial charge in [0.25, 0.3) is 0 Å². The van der Waals surface area contributed by atoms with E-state index in [1.54, 1.807) is 0 Å². The number of hydrogen-bond acceptors (Lipinski definition) is 3. The van der Waals surface area contributed by atoms with Crippen molar-refractivity contribution in [3.63, 3.8) is 0 Å². The second-order valence-electron chi connectivity index (χ2n) is 7.57. The molecule has 1 aliphatic heterocycles. The molecule has 1 saturated heterocycles. The highest BCUT2D eigenvalue weighted by Gasteiger charge is 2.36. The molecule has 2 fully saturated rings. The number of likely N-dealkylation sites (tertiary alicyclic amines) is 1. The van der Waals surface area contributed by atoms with Gasteiger partial charge in [0.05, 0.1) is 6.10 Å². The van der Waals surface area contributed by atoms with E-state index in [0.29, 0.717) is 18.2 Å². The zero-order chi connectivity index (χ0) is 15.4. The van der Waals surface area contributed by atoms with Crippen LogP contribution in [0.15, 0.2) is 0 Å².